The normalized spacial score (nSPS) is 9.82. The maximum absolute atomic E-state index is 11.9. The van der Waals surface area contributed by atoms with Crippen molar-refractivity contribution in [2.45, 2.75) is 13.3 Å². The van der Waals surface area contributed by atoms with Gasteiger partial charge in [-0.2, -0.15) is 0 Å². The Bertz CT molecular complexity index is 506. The zero-order valence-corrected chi connectivity index (χ0v) is 13.3. The third kappa shape index (κ3) is 4.83. The molecule has 1 aromatic carbocycles. The van der Waals surface area contributed by atoms with Crippen LogP contribution < -0.4 is 24.8 Å². The standard InChI is InChI=1S/C15H22N2O5/c1-5-16-14(19)9-17-13(18)8-10-6-11(20-2)15(22-4)12(7-10)21-3/h6-7H,5,8-9H2,1-4H3,(H,16,19)(H,17,18). The molecule has 22 heavy (non-hydrogen) atoms. The van der Waals surface area contributed by atoms with Crippen LogP contribution in [-0.4, -0.2) is 46.2 Å². The molecule has 0 atom stereocenters. The summed E-state index contributed by atoms with van der Waals surface area (Å²) in [5, 5.41) is 5.16. The highest BCUT2D eigenvalue weighted by Gasteiger charge is 2.15. The van der Waals surface area contributed by atoms with E-state index in [0.29, 0.717) is 29.4 Å². The second-order valence-electron chi connectivity index (χ2n) is 4.44. The highest BCUT2D eigenvalue weighted by molar-refractivity contribution is 5.85. The molecule has 2 N–H and O–H groups in total. The van der Waals surface area contributed by atoms with Crippen molar-refractivity contribution in [1.82, 2.24) is 10.6 Å². The maximum Gasteiger partial charge on any atom is 0.239 e. The van der Waals surface area contributed by atoms with E-state index >= 15 is 0 Å². The molecular weight excluding hydrogens is 288 g/mol. The van der Waals surface area contributed by atoms with Crippen molar-refractivity contribution in [3.05, 3.63) is 17.7 Å². The van der Waals surface area contributed by atoms with Crippen molar-refractivity contribution in [3.8, 4) is 17.2 Å². The van der Waals surface area contributed by atoms with Crippen molar-refractivity contribution >= 4 is 11.8 Å². The Labute approximate surface area is 129 Å². The summed E-state index contributed by atoms with van der Waals surface area (Å²) in [5.41, 5.74) is 0.697. The Morgan fingerprint density at radius 2 is 1.55 bits per heavy atom. The number of amides is 2. The zero-order valence-electron chi connectivity index (χ0n) is 13.3. The molecule has 1 rings (SSSR count). The van der Waals surface area contributed by atoms with E-state index in [1.54, 1.807) is 12.1 Å². The van der Waals surface area contributed by atoms with Crippen LogP contribution in [0.25, 0.3) is 0 Å². The highest BCUT2D eigenvalue weighted by atomic mass is 16.5. The van der Waals surface area contributed by atoms with Gasteiger partial charge in [-0.25, -0.2) is 0 Å². The molecule has 2 amide bonds. The van der Waals surface area contributed by atoms with Crippen LogP contribution in [0.15, 0.2) is 12.1 Å². The van der Waals surface area contributed by atoms with E-state index in [9.17, 15) is 9.59 Å². The topological polar surface area (TPSA) is 85.9 Å². The molecule has 0 heterocycles. The first-order valence-electron chi connectivity index (χ1n) is 6.87. The Morgan fingerprint density at radius 3 is 2.00 bits per heavy atom. The van der Waals surface area contributed by atoms with E-state index in [1.165, 1.54) is 21.3 Å². The summed E-state index contributed by atoms with van der Waals surface area (Å²) in [6, 6.07) is 3.40. The highest BCUT2D eigenvalue weighted by Crippen LogP contribution is 2.38. The molecule has 0 radical (unpaired) electrons. The summed E-state index contributed by atoms with van der Waals surface area (Å²) in [5.74, 6) is 0.944. The lowest BCUT2D eigenvalue weighted by molar-refractivity contribution is -0.125. The summed E-state index contributed by atoms with van der Waals surface area (Å²) in [4.78, 5) is 23.2. The first-order valence-corrected chi connectivity index (χ1v) is 6.87. The van der Waals surface area contributed by atoms with Gasteiger partial charge in [0, 0.05) is 6.54 Å². The van der Waals surface area contributed by atoms with Gasteiger partial charge in [0.1, 0.15) is 0 Å². The molecule has 0 fully saturated rings. The fraction of sp³-hybridized carbons (Fsp3) is 0.467. The van der Waals surface area contributed by atoms with Gasteiger partial charge in [0.25, 0.3) is 0 Å². The van der Waals surface area contributed by atoms with Crippen molar-refractivity contribution in [1.29, 1.82) is 0 Å². The maximum atomic E-state index is 11.9. The van der Waals surface area contributed by atoms with Gasteiger partial charge in [-0.15, -0.1) is 0 Å². The lowest BCUT2D eigenvalue weighted by Gasteiger charge is -2.14. The summed E-state index contributed by atoms with van der Waals surface area (Å²) in [7, 11) is 4.53. The number of hydrogen-bond donors (Lipinski definition) is 2. The van der Waals surface area contributed by atoms with E-state index in [2.05, 4.69) is 10.6 Å². The monoisotopic (exact) mass is 310 g/mol. The van der Waals surface area contributed by atoms with Gasteiger partial charge in [0.2, 0.25) is 17.6 Å². The SMILES string of the molecule is CCNC(=O)CNC(=O)Cc1cc(OC)c(OC)c(OC)c1. The number of carbonyl (C=O) groups is 2. The van der Waals surface area contributed by atoms with Gasteiger partial charge < -0.3 is 24.8 Å². The molecule has 0 saturated carbocycles. The number of rotatable bonds is 8. The van der Waals surface area contributed by atoms with Crippen LogP contribution in [0.2, 0.25) is 0 Å². The minimum Gasteiger partial charge on any atom is -0.493 e. The van der Waals surface area contributed by atoms with Crippen LogP contribution in [0.5, 0.6) is 17.2 Å². The van der Waals surface area contributed by atoms with Crippen molar-refractivity contribution in [3.63, 3.8) is 0 Å². The second-order valence-corrected chi connectivity index (χ2v) is 4.44. The molecule has 122 valence electrons. The molecule has 7 nitrogen and oxygen atoms in total. The first kappa shape index (κ1) is 17.6. The molecule has 0 aliphatic heterocycles. The summed E-state index contributed by atoms with van der Waals surface area (Å²) >= 11 is 0. The molecule has 0 bridgehead atoms. The van der Waals surface area contributed by atoms with Crippen LogP contribution in [0.1, 0.15) is 12.5 Å². The quantitative estimate of drug-likeness (QED) is 0.730. The van der Waals surface area contributed by atoms with Crippen molar-refractivity contribution < 1.29 is 23.8 Å². The number of ether oxygens (including phenoxy) is 3. The third-order valence-electron chi connectivity index (χ3n) is 2.91. The smallest absolute Gasteiger partial charge is 0.239 e. The molecule has 0 spiro atoms. The van der Waals surface area contributed by atoms with Crippen LogP contribution in [0.4, 0.5) is 0 Å². The van der Waals surface area contributed by atoms with Crippen LogP contribution in [-0.2, 0) is 16.0 Å². The Balaban J connectivity index is 2.76. The largest absolute Gasteiger partial charge is 0.493 e. The zero-order chi connectivity index (χ0) is 16.5. The van der Waals surface area contributed by atoms with Crippen LogP contribution >= 0.6 is 0 Å². The number of carbonyl (C=O) groups excluding carboxylic acids is 2. The minimum absolute atomic E-state index is 0.0445. The average Bonchev–Trinajstić information content (AvgIpc) is 2.52. The van der Waals surface area contributed by atoms with Gasteiger partial charge in [0.15, 0.2) is 11.5 Å². The number of nitrogens with one attached hydrogen (secondary N) is 2. The molecule has 0 aliphatic carbocycles. The summed E-state index contributed by atoms with van der Waals surface area (Å²) in [6.45, 7) is 2.30. The lowest BCUT2D eigenvalue weighted by atomic mass is 10.1. The molecule has 0 saturated heterocycles. The van der Waals surface area contributed by atoms with E-state index in [-0.39, 0.29) is 24.8 Å². The van der Waals surface area contributed by atoms with Crippen molar-refractivity contribution in [2.75, 3.05) is 34.4 Å². The fourth-order valence-electron chi connectivity index (χ4n) is 1.92. The molecule has 0 unspecified atom stereocenters. The Hall–Kier alpha value is -2.44. The van der Waals surface area contributed by atoms with Gasteiger partial charge in [-0.05, 0) is 24.6 Å². The van der Waals surface area contributed by atoms with Gasteiger partial charge in [0.05, 0.1) is 34.3 Å². The van der Waals surface area contributed by atoms with Crippen LogP contribution in [0.3, 0.4) is 0 Å². The van der Waals surface area contributed by atoms with E-state index in [1.807, 2.05) is 6.92 Å². The molecule has 0 aromatic heterocycles. The van der Waals surface area contributed by atoms with Crippen LogP contribution in [0, 0.1) is 0 Å². The summed E-state index contributed by atoms with van der Waals surface area (Å²) in [6.07, 6.45) is 0.107. The lowest BCUT2D eigenvalue weighted by Crippen LogP contribution is -2.37. The van der Waals surface area contributed by atoms with E-state index in [4.69, 9.17) is 14.2 Å². The average molecular weight is 310 g/mol. The molecular formula is C15H22N2O5. The Kier molecular flexibility index (Phi) is 7.01. The number of hydrogen-bond acceptors (Lipinski definition) is 5. The number of methoxy groups -OCH3 is 3. The number of benzene rings is 1. The summed E-state index contributed by atoms with van der Waals surface area (Å²) < 4.78 is 15.7. The molecule has 7 heteroatoms. The Morgan fingerprint density at radius 1 is 0.955 bits per heavy atom. The minimum atomic E-state index is -0.263. The van der Waals surface area contributed by atoms with E-state index in [0.717, 1.165) is 0 Å². The van der Waals surface area contributed by atoms with Gasteiger partial charge in [-0.3, -0.25) is 9.59 Å². The molecule has 1 aromatic rings. The third-order valence-corrected chi connectivity index (χ3v) is 2.91. The predicted octanol–water partition coefficient (Wildman–Crippen LogP) is 0.507. The van der Waals surface area contributed by atoms with Gasteiger partial charge >= 0.3 is 0 Å². The second kappa shape index (κ2) is 8.76. The first-order chi connectivity index (χ1) is 10.5. The predicted molar refractivity (Wildman–Crippen MR) is 81.5 cm³/mol. The fourth-order valence-corrected chi connectivity index (χ4v) is 1.92. The van der Waals surface area contributed by atoms with E-state index < -0.39 is 0 Å². The van der Waals surface area contributed by atoms with Gasteiger partial charge in [-0.1, -0.05) is 0 Å². The number of likely N-dealkylation sites (N-methyl/N-ethyl adjacent to an activating group) is 1. The van der Waals surface area contributed by atoms with Crippen molar-refractivity contribution in [2.24, 2.45) is 0 Å². The molecule has 0 aliphatic rings.